The van der Waals surface area contributed by atoms with Gasteiger partial charge >= 0.3 is 11.9 Å². The second-order valence-electron chi connectivity index (χ2n) is 7.46. The Balaban J connectivity index is 3.54. The standard InChI is InChI=1S/C22H40O4/c1-5-6-7-8-9-10-17-25-21(23)14-15-22(24)26-18-16-20(4)13-11-12-19(2)3/h12,20H,5-11,13-18H2,1-4H3. The van der Waals surface area contributed by atoms with Gasteiger partial charge in [0.15, 0.2) is 0 Å². The minimum atomic E-state index is -0.307. The zero-order valence-electron chi connectivity index (χ0n) is 17.5. The van der Waals surface area contributed by atoms with Crippen molar-refractivity contribution in [2.24, 2.45) is 5.92 Å². The summed E-state index contributed by atoms with van der Waals surface area (Å²) in [6, 6.07) is 0. The van der Waals surface area contributed by atoms with Crippen LogP contribution in [0.25, 0.3) is 0 Å². The number of rotatable bonds is 16. The van der Waals surface area contributed by atoms with Crippen LogP contribution in [0.15, 0.2) is 11.6 Å². The zero-order valence-corrected chi connectivity index (χ0v) is 17.5. The van der Waals surface area contributed by atoms with Crippen LogP contribution in [0.3, 0.4) is 0 Å². The molecule has 0 radical (unpaired) electrons. The molecule has 0 N–H and O–H groups in total. The quantitative estimate of drug-likeness (QED) is 0.191. The van der Waals surface area contributed by atoms with Gasteiger partial charge in [0.25, 0.3) is 0 Å². The first-order valence-corrected chi connectivity index (χ1v) is 10.4. The van der Waals surface area contributed by atoms with Gasteiger partial charge in [0.2, 0.25) is 0 Å². The van der Waals surface area contributed by atoms with E-state index in [0.717, 1.165) is 32.1 Å². The zero-order chi connectivity index (χ0) is 19.6. The van der Waals surface area contributed by atoms with E-state index < -0.39 is 0 Å². The highest BCUT2D eigenvalue weighted by molar-refractivity contribution is 5.77. The predicted molar refractivity (Wildman–Crippen MR) is 107 cm³/mol. The summed E-state index contributed by atoms with van der Waals surface area (Å²) in [5.41, 5.74) is 1.34. The van der Waals surface area contributed by atoms with E-state index in [1.807, 2.05) is 0 Å². The van der Waals surface area contributed by atoms with Crippen LogP contribution in [0.2, 0.25) is 0 Å². The lowest BCUT2D eigenvalue weighted by molar-refractivity contribution is -0.150. The van der Waals surface area contributed by atoms with Crippen molar-refractivity contribution in [1.29, 1.82) is 0 Å². The molecule has 0 aliphatic carbocycles. The number of carbonyl (C=O) groups is 2. The lowest BCUT2D eigenvalue weighted by atomic mass is 10.0. The smallest absolute Gasteiger partial charge is 0.306 e. The van der Waals surface area contributed by atoms with E-state index in [2.05, 4.69) is 33.8 Å². The van der Waals surface area contributed by atoms with Crippen molar-refractivity contribution in [2.75, 3.05) is 13.2 Å². The molecule has 0 aromatic heterocycles. The Labute approximate surface area is 160 Å². The van der Waals surface area contributed by atoms with Gasteiger partial charge in [0.1, 0.15) is 0 Å². The maximum absolute atomic E-state index is 11.7. The van der Waals surface area contributed by atoms with E-state index in [9.17, 15) is 9.59 Å². The number of allylic oxidation sites excluding steroid dienone is 2. The normalized spacial score (nSPS) is 11.7. The van der Waals surface area contributed by atoms with Crippen LogP contribution in [0.4, 0.5) is 0 Å². The first-order valence-electron chi connectivity index (χ1n) is 10.4. The third kappa shape index (κ3) is 17.5. The summed E-state index contributed by atoms with van der Waals surface area (Å²) in [5, 5.41) is 0. The van der Waals surface area contributed by atoms with E-state index in [0.29, 0.717) is 19.1 Å². The Kier molecular flexibility index (Phi) is 16.2. The fourth-order valence-electron chi connectivity index (χ4n) is 2.59. The lowest BCUT2D eigenvalue weighted by Crippen LogP contribution is -2.12. The van der Waals surface area contributed by atoms with Crippen LogP contribution in [-0.2, 0) is 19.1 Å². The van der Waals surface area contributed by atoms with E-state index in [1.165, 1.54) is 31.3 Å². The summed E-state index contributed by atoms with van der Waals surface area (Å²) in [5.74, 6) is -0.0793. The third-order valence-corrected chi connectivity index (χ3v) is 4.38. The number of esters is 2. The molecule has 4 heteroatoms. The van der Waals surface area contributed by atoms with Crippen molar-refractivity contribution in [3.8, 4) is 0 Å². The maximum atomic E-state index is 11.7. The first-order chi connectivity index (χ1) is 12.5. The van der Waals surface area contributed by atoms with Crippen LogP contribution < -0.4 is 0 Å². The van der Waals surface area contributed by atoms with Crippen LogP contribution >= 0.6 is 0 Å². The molecule has 152 valence electrons. The van der Waals surface area contributed by atoms with Gasteiger partial charge in [0.05, 0.1) is 26.1 Å². The van der Waals surface area contributed by atoms with E-state index >= 15 is 0 Å². The highest BCUT2D eigenvalue weighted by atomic mass is 16.5. The molecular weight excluding hydrogens is 328 g/mol. The van der Waals surface area contributed by atoms with Crippen molar-refractivity contribution >= 4 is 11.9 Å². The third-order valence-electron chi connectivity index (χ3n) is 4.38. The fraction of sp³-hybridized carbons (Fsp3) is 0.818. The van der Waals surface area contributed by atoms with Crippen LogP contribution in [0.1, 0.15) is 98.3 Å². The minimum Gasteiger partial charge on any atom is -0.466 e. The summed E-state index contributed by atoms with van der Waals surface area (Å²) < 4.78 is 10.4. The van der Waals surface area contributed by atoms with Crippen molar-refractivity contribution < 1.29 is 19.1 Å². The topological polar surface area (TPSA) is 52.6 Å². The highest BCUT2D eigenvalue weighted by Crippen LogP contribution is 2.12. The molecule has 0 aromatic rings. The summed E-state index contributed by atoms with van der Waals surface area (Å²) >= 11 is 0. The average Bonchev–Trinajstić information content (AvgIpc) is 2.59. The number of hydrogen-bond acceptors (Lipinski definition) is 4. The monoisotopic (exact) mass is 368 g/mol. The maximum Gasteiger partial charge on any atom is 0.306 e. The second kappa shape index (κ2) is 17.1. The SMILES string of the molecule is CCCCCCCCOC(=O)CCC(=O)OCCC(C)CCC=C(C)C. The number of carbonyl (C=O) groups excluding carboxylic acids is 2. The molecule has 0 amide bonds. The molecule has 26 heavy (non-hydrogen) atoms. The van der Waals surface area contributed by atoms with Gasteiger partial charge in [-0.2, -0.15) is 0 Å². The molecule has 0 bridgehead atoms. The van der Waals surface area contributed by atoms with Gasteiger partial charge < -0.3 is 9.47 Å². The molecule has 0 aliphatic rings. The Hall–Kier alpha value is -1.32. The van der Waals surface area contributed by atoms with Gasteiger partial charge in [-0.25, -0.2) is 0 Å². The van der Waals surface area contributed by atoms with Gasteiger partial charge in [0, 0.05) is 0 Å². The molecule has 1 unspecified atom stereocenters. The summed E-state index contributed by atoms with van der Waals surface area (Å²) in [6.45, 7) is 9.46. The van der Waals surface area contributed by atoms with Gasteiger partial charge in [-0.05, 0) is 45.4 Å². The first kappa shape index (κ1) is 24.7. The summed E-state index contributed by atoms with van der Waals surface area (Å²) in [7, 11) is 0. The molecule has 0 saturated heterocycles. The van der Waals surface area contributed by atoms with E-state index in [4.69, 9.17) is 9.47 Å². The van der Waals surface area contributed by atoms with Crippen molar-refractivity contribution in [1.82, 2.24) is 0 Å². The largest absolute Gasteiger partial charge is 0.466 e. The Morgan fingerprint density at radius 1 is 0.846 bits per heavy atom. The second-order valence-corrected chi connectivity index (χ2v) is 7.46. The Morgan fingerprint density at radius 3 is 2.04 bits per heavy atom. The molecule has 0 rings (SSSR count). The molecule has 0 spiro atoms. The predicted octanol–water partition coefficient (Wildman–Crippen LogP) is 5.99. The van der Waals surface area contributed by atoms with Crippen LogP contribution in [0, 0.1) is 5.92 Å². The number of ether oxygens (including phenoxy) is 2. The molecule has 4 nitrogen and oxygen atoms in total. The Bertz CT molecular complexity index is 397. The van der Waals surface area contributed by atoms with Gasteiger partial charge in [-0.15, -0.1) is 0 Å². The summed E-state index contributed by atoms with van der Waals surface area (Å²) in [4.78, 5) is 23.3. The molecule has 0 saturated carbocycles. The molecular formula is C22H40O4. The van der Waals surface area contributed by atoms with Crippen molar-refractivity contribution in [2.45, 2.75) is 98.3 Å². The lowest BCUT2D eigenvalue weighted by Gasteiger charge is -2.10. The van der Waals surface area contributed by atoms with Gasteiger partial charge in [-0.1, -0.05) is 57.6 Å². The molecule has 0 aromatic carbocycles. The summed E-state index contributed by atoms with van der Waals surface area (Å²) in [6.07, 6.45) is 12.5. The molecule has 0 aliphatic heterocycles. The average molecular weight is 369 g/mol. The van der Waals surface area contributed by atoms with Crippen LogP contribution in [-0.4, -0.2) is 25.2 Å². The molecule has 0 heterocycles. The van der Waals surface area contributed by atoms with E-state index in [-0.39, 0.29) is 24.8 Å². The minimum absolute atomic E-state index is 0.113. The van der Waals surface area contributed by atoms with Crippen molar-refractivity contribution in [3.63, 3.8) is 0 Å². The Morgan fingerprint density at radius 2 is 1.42 bits per heavy atom. The van der Waals surface area contributed by atoms with Gasteiger partial charge in [-0.3, -0.25) is 9.59 Å². The molecule has 0 fully saturated rings. The van der Waals surface area contributed by atoms with Crippen LogP contribution in [0.5, 0.6) is 0 Å². The molecule has 1 atom stereocenters. The number of unbranched alkanes of at least 4 members (excludes halogenated alkanes) is 5. The van der Waals surface area contributed by atoms with Crippen molar-refractivity contribution in [3.05, 3.63) is 11.6 Å². The van der Waals surface area contributed by atoms with E-state index in [1.54, 1.807) is 0 Å². The number of hydrogen-bond donors (Lipinski definition) is 0. The highest BCUT2D eigenvalue weighted by Gasteiger charge is 2.10. The fourth-order valence-corrected chi connectivity index (χ4v) is 2.59.